The van der Waals surface area contributed by atoms with E-state index in [2.05, 4.69) is 92.8 Å². The molecule has 45 heavy (non-hydrogen) atoms. The summed E-state index contributed by atoms with van der Waals surface area (Å²) in [4.78, 5) is 3.67. The highest BCUT2D eigenvalue weighted by molar-refractivity contribution is 7.26. The third-order valence-corrected chi connectivity index (χ3v) is 9.96. The topological polar surface area (TPSA) is 61.8 Å². The lowest BCUT2D eigenvalue weighted by atomic mass is 10.1. The summed E-state index contributed by atoms with van der Waals surface area (Å²) in [5, 5.41) is 25.8. The molecule has 9 aromatic rings. The molecular formula is C39H19N5S. The van der Waals surface area contributed by atoms with Crippen LogP contribution in [0.2, 0.25) is 0 Å². The summed E-state index contributed by atoms with van der Waals surface area (Å²) in [6, 6.07) is 43.4. The SMILES string of the molecule is [C-]#[N+]c1ccc2sc3c(ccc4c3c3ccccc3n4-c3cccc(-n4c5ccc(C#N)cc5c5cc(C#N)ccc54)c3)c2c1. The number of benzene rings is 6. The van der Waals surface area contributed by atoms with Crippen molar-refractivity contribution in [2.75, 3.05) is 0 Å². The smallest absolute Gasteiger partial charge is 0.187 e. The Bertz CT molecular complexity index is 2790. The fraction of sp³-hybridized carbons (Fsp3) is 0. The molecule has 0 saturated heterocycles. The molecule has 206 valence electrons. The third kappa shape index (κ3) is 3.51. The van der Waals surface area contributed by atoms with Crippen LogP contribution in [0.15, 0.2) is 115 Å². The lowest BCUT2D eigenvalue weighted by Crippen LogP contribution is -1.98. The van der Waals surface area contributed by atoms with Gasteiger partial charge in [-0.15, -0.1) is 11.3 Å². The number of nitriles is 2. The summed E-state index contributed by atoms with van der Waals surface area (Å²) in [6.07, 6.45) is 0. The Morgan fingerprint density at radius 2 is 1.20 bits per heavy atom. The van der Waals surface area contributed by atoms with Gasteiger partial charge in [0.15, 0.2) is 5.69 Å². The first-order valence-corrected chi connectivity index (χ1v) is 15.2. The fourth-order valence-electron chi connectivity index (χ4n) is 6.83. The summed E-state index contributed by atoms with van der Waals surface area (Å²) in [6.45, 7) is 7.51. The number of rotatable bonds is 2. The van der Waals surface area contributed by atoms with Crippen molar-refractivity contribution in [1.29, 1.82) is 10.5 Å². The molecule has 0 fully saturated rings. The first-order chi connectivity index (χ1) is 22.2. The van der Waals surface area contributed by atoms with Crippen LogP contribution < -0.4 is 0 Å². The summed E-state index contributed by atoms with van der Waals surface area (Å²) >= 11 is 1.78. The van der Waals surface area contributed by atoms with Crippen LogP contribution in [-0.2, 0) is 0 Å². The molecule has 0 aliphatic rings. The minimum Gasteiger partial charge on any atom is -0.309 e. The maximum absolute atomic E-state index is 9.62. The second-order valence-corrected chi connectivity index (χ2v) is 12.2. The van der Waals surface area contributed by atoms with Crippen LogP contribution >= 0.6 is 11.3 Å². The number of hydrogen-bond donors (Lipinski definition) is 0. The van der Waals surface area contributed by atoms with Gasteiger partial charge in [0.2, 0.25) is 0 Å². The van der Waals surface area contributed by atoms with Gasteiger partial charge in [0, 0.05) is 42.3 Å². The first-order valence-electron chi connectivity index (χ1n) is 14.4. The molecule has 3 aromatic heterocycles. The Balaban J connectivity index is 1.33. The Morgan fingerprint density at radius 1 is 0.556 bits per heavy atom. The summed E-state index contributed by atoms with van der Waals surface area (Å²) in [5.74, 6) is 0. The van der Waals surface area contributed by atoms with E-state index < -0.39 is 0 Å². The van der Waals surface area contributed by atoms with Crippen molar-refractivity contribution in [3.63, 3.8) is 0 Å². The van der Waals surface area contributed by atoms with Gasteiger partial charge in [-0.3, -0.25) is 0 Å². The van der Waals surface area contributed by atoms with Gasteiger partial charge in [0.25, 0.3) is 0 Å². The standard InChI is InChI=1S/C39H19N5S/c1-42-25-11-16-37-32(19-25)28-12-15-36-38(39(28)45-37)29-7-2-3-8-33(29)44(36)27-6-4-5-26(20-27)43-34-13-9-23(21-40)17-30(34)31-18-24(22-41)10-14-35(31)43/h2-20H. The molecule has 9 rings (SSSR count). The largest absolute Gasteiger partial charge is 0.309 e. The van der Waals surface area contributed by atoms with Gasteiger partial charge >= 0.3 is 0 Å². The zero-order valence-electron chi connectivity index (χ0n) is 23.6. The summed E-state index contributed by atoms with van der Waals surface area (Å²) in [5.41, 5.74) is 8.04. The number of para-hydroxylation sites is 1. The van der Waals surface area contributed by atoms with E-state index in [-0.39, 0.29) is 0 Å². The molecule has 3 heterocycles. The van der Waals surface area contributed by atoms with Gasteiger partial charge in [-0.1, -0.05) is 42.5 Å². The molecule has 6 heteroatoms. The van der Waals surface area contributed by atoms with Gasteiger partial charge in [-0.2, -0.15) is 10.5 Å². The lowest BCUT2D eigenvalue weighted by molar-refractivity contribution is 1.13. The highest BCUT2D eigenvalue weighted by atomic mass is 32.1. The molecule has 0 saturated carbocycles. The van der Waals surface area contributed by atoms with Crippen molar-refractivity contribution in [3.8, 4) is 23.5 Å². The molecule has 6 aromatic carbocycles. The van der Waals surface area contributed by atoms with E-state index in [1.165, 1.54) is 25.6 Å². The maximum atomic E-state index is 9.62. The average Bonchev–Trinajstić information content (AvgIpc) is 3.74. The first kappa shape index (κ1) is 25.1. The monoisotopic (exact) mass is 589 g/mol. The Labute approximate surface area is 261 Å². The van der Waals surface area contributed by atoms with E-state index >= 15 is 0 Å². The normalized spacial score (nSPS) is 11.5. The maximum Gasteiger partial charge on any atom is 0.187 e. The number of fused-ring (bicyclic) bond motifs is 10. The zero-order chi connectivity index (χ0) is 30.2. The molecular weight excluding hydrogens is 571 g/mol. The summed E-state index contributed by atoms with van der Waals surface area (Å²) in [7, 11) is 0. The molecule has 0 bridgehead atoms. The molecule has 0 amide bonds. The molecule has 0 aliphatic carbocycles. The molecule has 0 radical (unpaired) electrons. The van der Waals surface area contributed by atoms with Crippen LogP contribution in [0.1, 0.15) is 11.1 Å². The van der Waals surface area contributed by atoms with Crippen molar-refractivity contribution in [2.24, 2.45) is 0 Å². The predicted molar refractivity (Wildman–Crippen MR) is 184 cm³/mol. The number of hydrogen-bond acceptors (Lipinski definition) is 3. The van der Waals surface area contributed by atoms with Crippen molar-refractivity contribution in [3.05, 3.63) is 138 Å². The van der Waals surface area contributed by atoms with Crippen molar-refractivity contribution in [2.45, 2.75) is 0 Å². The van der Waals surface area contributed by atoms with Crippen LogP contribution in [0.5, 0.6) is 0 Å². The van der Waals surface area contributed by atoms with Crippen LogP contribution in [-0.4, -0.2) is 9.13 Å². The van der Waals surface area contributed by atoms with E-state index in [1.54, 1.807) is 11.3 Å². The van der Waals surface area contributed by atoms with E-state index in [4.69, 9.17) is 6.57 Å². The third-order valence-electron chi connectivity index (χ3n) is 8.75. The number of aromatic nitrogens is 2. The van der Waals surface area contributed by atoms with Gasteiger partial charge < -0.3 is 9.13 Å². The minimum atomic E-state index is 0.584. The molecule has 0 atom stereocenters. The van der Waals surface area contributed by atoms with E-state index in [0.29, 0.717) is 16.8 Å². The second kappa shape index (κ2) is 9.30. The van der Waals surface area contributed by atoms with Crippen molar-refractivity contribution in [1.82, 2.24) is 9.13 Å². The second-order valence-electron chi connectivity index (χ2n) is 11.1. The van der Waals surface area contributed by atoms with Crippen LogP contribution in [0.4, 0.5) is 5.69 Å². The summed E-state index contributed by atoms with van der Waals surface area (Å²) < 4.78 is 6.94. The quantitative estimate of drug-likeness (QED) is 0.188. The van der Waals surface area contributed by atoms with Crippen molar-refractivity contribution < 1.29 is 0 Å². The molecule has 0 spiro atoms. The zero-order valence-corrected chi connectivity index (χ0v) is 24.4. The van der Waals surface area contributed by atoms with E-state index in [9.17, 15) is 10.5 Å². The number of nitrogens with zero attached hydrogens (tertiary/aromatic N) is 5. The Kier molecular flexibility index (Phi) is 5.20. The fourth-order valence-corrected chi connectivity index (χ4v) is 8.07. The van der Waals surface area contributed by atoms with Gasteiger partial charge in [-0.25, -0.2) is 4.85 Å². The van der Waals surface area contributed by atoms with Crippen LogP contribution in [0.3, 0.4) is 0 Å². The molecule has 5 nitrogen and oxygen atoms in total. The van der Waals surface area contributed by atoms with E-state index in [1.807, 2.05) is 48.5 Å². The van der Waals surface area contributed by atoms with E-state index in [0.717, 1.165) is 49.6 Å². The molecule has 0 unspecified atom stereocenters. The minimum absolute atomic E-state index is 0.584. The number of thiophene rings is 1. The molecule has 0 N–H and O–H groups in total. The van der Waals surface area contributed by atoms with Gasteiger partial charge in [0.05, 0.1) is 51.9 Å². The van der Waals surface area contributed by atoms with Gasteiger partial charge in [0.1, 0.15) is 0 Å². The van der Waals surface area contributed by atoms with Crippen molar-refractivity contribution >= 4 is 80.8 Å². The lowest BCUT2D eigenvalue weighted by Gasteiger charge is -2.13. The Hall–Kier alpha value is -6.39. The highest BCUT2D eigenvalue weighted by Crippen LogP contribution is 2.44. The van der Waals surface area contributed by atoms with Crippen LogP contribution in [0.25, 0.3) is 80.0 Å². The van der Waals surface area contributed by atoms with Crippen LogP contribution in [0, 0.1) is 29.2 Å². The average molecular weight is 590 g/mol. The Morgan fingerprint density at radius 3 is 1.89 bits per heavy atom. The highest BCUT2D eigenvalue weighted by Gasteiger charge is 2.19. The van der Waals surface area contributed by atoms with Gasteiger partial charge in [-0.05, 0) is 83.6 Å². The molecule has 0 aliphatic heterocycles. The predicted octanol–water partition coefficient (Wildman–Crippen LogP) is 10.5.